The number of likely N-dealkylation sites (tertiary alicyclic amines) is 1. The molecule has 1 saturated carbocycles. The monoisotopic (exact) mass is 369 g/mol. The van der Waals surface area contributed by atoms with E-state index in [0.29, 0.717) is 31.3 Å². The van der Waals surface area contributed by atoms with E-state index in [0.717, 1.165) is 51.5 Å². The quantitative estimate of drug-likeness (QED) is 0.364. The lowest BCUT2D eigenvalue weighted by molar-refractivity contribution is -0.114. The third-order valence-corrected chi connectivity index (χ3v) is 5.88. The molecule has 1 N–H and O–H groups in total. The summed E-state index contributed by atoms with van der Waals surface area (Å²) in [5, 5.41) is 3.69. The number of nitrogens with zero attached hydrogens (tertiary/aromatic N) is 2. The maximum absolute atomic E-state index is 6.07. The second kappa shape index (κ2) is 10.5. The van der Waals surface area contributed by atoms with Gasteiger partial charge in [0, 0.05) is 51.2 Å². The van der Waals surface area contributed by atoms with Crippen molar-refractivity contribution in [3.8, 4) is 0 Å². The van der Waals surface area contributed by atoms with Gasteiger partial charge in [-0.05, 0) is 19.3 Å². The first kappa shape index (κ1) is 21.5. The fraction of sp³-hybridized carbons (Fsp3) is 0.950. The molecule has 3 atom stereocenters. The number of aliphatic imine (C=N–C) groups is 1. The van der Waals surface area contributed by atoms with Crippen LogP contribution in [0.4, 0.5) is 0 Å². The van der Waals surface area contributed by atoms with Crippen molar-refractivity contribution in [2.75, 3.05) is 53.7 Å². The molecule has 6 nitrogen and oxygen atoms in total. The lowest BCUT2D eigenvalue weighted by Crippen LogP contribution is -2.63. The molecule has 1 aliphatic heterocycles. The molecule has 0 radical (unpaired) electrons. The number of methoxy groups -OCH3 is 1. The Kier molecular flexibility index (Phi) is 8.64. The lowest BCUT2D eigenvalue weighted by Gasteiger charge is -2.52. The third-order valence-electron chi connectivity index (χ3n) is 5.88. The zero-order chi connectivity index (χ0) is 19.0. The Bertz CT molecular complexity index is 442. The average molecular weight is 370 g/mol. The minimum absolute atomic E-state index is 0.145. The van der Waals surface area contributed by atoms with Crippen LogP contribution in [0, 0.1) is 11.3 Å². The summed E-state index contributed by atoms with van der Waals surface area (Å²) in [4.78, 5) is 6.90. The first-order valence-corrected chi connectivity index (χ1v) is 10.2. The van der Waals surface area contributed by atoms with Crippen LogP contribution in [-0.4, -0.2) is 76.7 Å². The summed E-state index contributed by atoms with van der Waals surface area (Å²) in [6.45, 7) is 11.9. The number of hydrogen-bond acceptors (Lipinski definition) is 4. The van der Waals surface area contributed by atoms with Crippen LogP contribution in [-0.2, 0) is 14.2 Å². The summed E-state index contributed by atoms with van der Waals surface area (Å²) < 4.78 is 16.8. The van der Waals surface area contributed by atoms with Crippen molar-refractivity contribution >= 4 is 5.96 Å². The Morgan fingerprint density at radius 1 is 1.27 bits per heavy atom. The van der Waals surface area contributed by atoms with E-state index >= 15 is 0 Å². The smallest absolute Gasteiger partial charge is 0.193 e. The molecule has 0 aromatic carbocycles. The number of nitrogens with one attached hydrogen (secondary N) is 1. The second-order valence-corrected chi connectivity index (χ2v) is 8.18. The zero-order valence-corrected chi connectivity index (χ0v) is 17.4. The molecule has 2 aliphatic rings. The number of unbranched alkanes of at least 4 members (excludes halogenated alkanes) is 1. The molecular weight excluding hydrogens is 330 g/mol. The molecule has 0 bridgehead atoms. The van der Waals surface area contributed by atoms with Gasteiger partial charge in [0.2, 0.25) is 0 Å². The highest BCUT2D eigenvalue weighted by Gasteiger charge is 2.49. The fourth-order valence-electron chi connectivity index (χ4n) is 3.79. The van der Waals surface area contributed by atoms with Crippen molar-refractivity contribution in [3.05, 3.63) is 0 Å². The van der Waals surface area contributed by atoms with Gasteiger partial charge in [0.1, 0.15) is 0 Å². The lowest BCUT2D eigenvalue weighted by atomic mass is 9.64. The van der Waals surface area contributed by atoms with E-state index in [9.17, 15) is 0 Å². The van der Waals surface area contributed by atoms with Gasteiger partial charge in [-0.25, -0.2) is 0 Å². The molecule has 1 heterocycles. The fourth-order valence-corrected chi connectivity index (χ4v) is 3.79. The van der Waals surface area contributed by atoms with Crippen LogP contribution in [0.5, 0.6) is 0 Å². The van der Waals surface area contributed by atoms with Crippen molar-refractivity contribution in [3.63, 3.8) is 0 Å². The first-order chi connectivity index (χ1) is 12.5. The highest BCUT2D eigenvalue weighted by molar-refractivity contribution is 5.80. The van der Waals surface area contributed by atoms with Gasteiger partial charge in [0.05, 0.1) is 25.9 Å². The van der Waals surface area contributed by atoms with Crippen molar-refractivity contribution in [1.29, 1.82) is 0 Å². The number of guanidine groups is 1. The highest BCUT2D eigenvalue weighted by Crippen LogP contribution is 2.43. The predicted molar refractivity (Wildman–Crippen MR) is 106 cm³/mol. The number of hydrogen-bond donors (Lipinski definition) is 1. The largest absolute Gasteiger partial charge is 0.382 e. The van der Waals surface area contributed by atoms with E-state index in [2.05, 4.69) is 36.0 Å². The SMILES string of the molecule is CCCCOC1CC(NC(=NC)N2CCC(COCCOC)C2)C1(C)C. The normalized spacial score (nSPS) is 28.3. The predicted octanol–water partition coefficient (Wildman–Crippen LogP) is 2.53. The minimum Gasteiger partial charge on any atom is -0.382 e. The van der Waals surface area contributed by atoms with Crippen LogP contribution in [0.15, 0.2) is 4.99 Å². The summed E-state index contributed by atoms with van der Waals surface area (Å²) in [5.74, 6) is 1.60. The van der Waals surface area contributed by atoms with Crippen molar-refractivity contribution < 1.29 is 14.2 Å². The average Bonchev–Trinajstić information content (AvgIpc) is 3.09. The molecule has 26 heavy (non-hydrogen) atoms. The van der Waals surface area contributed by atoms with Gasteiger partial charge in [-0.2, -0.15) is 0 Å². The minimum atomic E-state index is 0.145. The standard InChI is InChI=1S/C20H39N3O3/c1-6-7-10-26-18-13-17(20(18,2)3)22-19(21-4)23-9-8-16(14-23)15-25-12-11-24-5/h16-18H,6-15H2,1-5H3,(H,21,22). The van der Waals surface area contributed by atoms with Crippen LogP contribution in [0.1, 0.15) is 46.5 Å². The van der Waals surface area contributed by atoms with Crippen LogP contribution in [0.3, 0.4) is 0 Å². The molecule has 0 aromatic heterocycles. The molecule has 1 saturated heterocycles. The molecule has 152 valence electrons. The van der Waals surface area contributed by atoms with E-state index in [-0.39, 0.29) is 5.41 Å². The summed E-state index contributed by atoms with van der Waals surface area (Å²) in [6, 6.07) is 0.421. The van der Waals surface area contributed by atoms with Gasteiger partial charge < -0.3 is 24.4 Å². The van der Waals surface area contributed by atoms with E-state index in [1.807, 2.05) is 7.05 Å². The van der Waals surface area contributed by atoms with Gasteiger partial charge >= 0.3 is 0 Å². The van der Waals surface area contributed by atoms with Gasteiger partial charge in [0.15, 0.2) is 5.96 Å². The molecule has 6 heteroatoms. The van der Waals surface area contributed by atoms with Gasteiger partial charge in [-0.3, -0.25) is 4.99 Å². The van der Waals surface area contributed by atoms with Gasteiger partial charge in [-0.15, -0.1) is 0 Å². The van der Waals surface area contributed by atoms with Crippen LogP contribution >= 0.6 is 0 Å². The summed E-state index contributed by atoms with van der Waals surface area (Å²) >= 11 is 0. The molecule has 0 spiro atoms. The Hall–Kier alpha value is -0.850. The molecular formula is C20H39N3O3. The van der Waals surface area contributed by atoms with Crippen molar-refractivity contribution in [2.24, 2.45) is 16.3 Å². The number of rotatable bonds is 10. The maximum Gasteiger partial charge on any atom is 0.193 e. The molecule has 0 amide bonds. The maximum atomic E-state index is 6.07. The molecule has 0 aromatic rings. The zero-order valence-electron chi connectivity index (χ0n) is 17.4. The number of ether oxygens (including phenoxy) is 3. The summed E-state index contributed by atoms with van der Waals surface area (Å²) in [7, 11) is 3.59. The molecule has 3 unspecified atom stereocenters. The van der Waals surface area contributed by atoms with E-state index < -0.39 is 0 Å². The van der Waals surface area contributed by atoms with E-state index in [4.69, 9.17) is 14.2 Å². The molecule has 2 fully saturated rings. The van der Waals surface area contributed by atoms with Crippen molar-refractivity contribution in [1.82, 2.24) is 10.2 Å². The Morgan fingerprint density at radius 2 is 2.08 bits per heavy atom. The van der Waals surface area contributed by atoms with Crippen LogP contribution < -0.4 is 5.32 Å². The van der Waals surface area contributed by atoms with E-state index in [1.54, 1.807) is 7.11 Å². The summed E-state index contributed by atoms with van der Waals surface area (Å²) in [5.41, 5.74) is 0.145. The van der Waals surface area contributed by atoms with Crippen LogP contribution in [0.2, 0.25) is 0 Å². The summed E-state index contributed by atoms with van der Waals surface area (Å²) in [6.07, 6.45) is 4.91. The molecule has 1 aliphatic carbocycles. The van der Waals surface area contributed by atoms with Crippen LogP contribution in [0.25, 0.3) is 0 Å². The molecule has 2 rings (SSSR count). The van der Waals surface area contributed by atoms with E-state index in [1.165, 1.54) is 6.42 Å². The Labute approximate surface area is 159 Å². The van der Waals surface area contributed by atoms with Gasteiger partial charge in [0.25, 0.3) is 0 Å². The first-order valence-electron chi connectivity index (χ1n) is 10.2. The highest BCUT2D eigenvalue weighted by atomic mass is 16.5. The Balaban J connectivity index is 1.74. The second-order valence-electron chi connectivity index (χ2n) is 8.18. The third kappa shape index (κ3) is 5.57. The van der Waals surface area contributed by atoms with Gasteiger partial charge in [-0.1, -0.05) is 27.2 Å². The van der Waals surface area contributed by atoms with Crippen molar-refractivity contribution in [2.45, 2.75) is 58.6 Å². The topological polar surface area (TPSA) is 55.3 Å². The Morgan fingerprint density at radius 3 is 2.73 bits per heavy atom.